The van der Waals surface area contributed by atoms with Crippen LogP contribution in [0.1, 0.15) is 36.9 Å². The third-order valence-corrected chi connectivity index (χ3v) is 3.35. The molecule has 1 heterocycles. The first-order valence-corrected chi connectivity index (χ1v) is 6.94. The minimum absolute atomic E-state index is 0.0848. The van der Waals surface area contributed by atoms with Crippen LogP contribution in [0.2, 0.25) is 0 Å². The van der Waals surface area contributed by atoms with Crippen LogP contribution in [-0.4, -0.2) is 17.0 Å². The molecule has 0 spiro atoms. The van der Waals surface area contributed by atoms with E-state index in [1.165, 1.54) is 6.07 Å². The van der Waals surface area contributed by atoms with E-state index in [2.05, 4.69) is 5.32 Å². The smallest absolute Gasteiger partial charge is 0.371 e. The molecule has 0 bridgehead atoms. The second kappa shape index (κ2) is 5.67. The highest BCUT2D eigenvalue weighted by atomic mass is 16.4. The predicted octanol–water partition coefficient (Wildman–Crippen LogP) is 3.94. The van der Waals surface area contributed by atoms with Crippen LogP contribution in [0.4, 0.5) is 5.69 Å². The van der Waals surface area contributed by atoms with Crippen molar-refractivity contribution in [1.29, 1.82) is 0 Å². The summed E-state index contributed by atoms with van der Waals surface area (Å²) in [6, 6.07) is 8.46. The molecular formula is C17H19NO4. The highest BCUT2D eigenvalue weighted by Gasteiger charge is 2.22. The molecular weight excluding hydrogens is 282 g/mol. The van der Waals surface area contributed by atoms with Gasteiger partial charge in [-0.3, -0.25) is 4.79 Å². The molecule has 1 amide bonds. The monoisotopic (exact) mass is 301 g/mol. The highest BCUT2D eigenvalue weighted by Crippen LogP contribution is 2.30. The van der Waals surface area contributed by atoms with Gasteiger partial charge < -0.3 is 14.8 Å². The van der Waals surface area contributed by atoms with Gasteiger partial charge in [0.25, 0.3) is 0 Å². The maximum absolute atomic E-state index is 12.1. The summed E-state index contributed by atoms with van der Waals surface area (Å²) < 4.78 is 5.33. The Labute approximate surface area is 129 Å². The van der Waals surface area contributed by atoms with Crippen LogP contribution in [0.25, 0.3) is 11.3 Å². The average Bonchev–Trinajstić information content (AvgIpc) is 2.89. The first-order valence-electron chi connectivity index (χ1n) is 6.94. The summed E-state index contributed by atoms with van der Waals surface area (Å²) in [5.74, 6) is -0.847. The molecule has 0 saturated carbocycles. The SMILES string of the molecule is Cc1c(NC(=O)C(C)(C)C)cccc1-c1ccc(C(=O)O)o1. The van der Waals surface area contributed by atoms with E-state index in [-0.39, 0.29) is 11.7 Å². The van der Waals surface area contributed by atoms with Crippen LogP contribution in [0, 0.1) is 12.3 Å². The number of rotatable bonds is 3. The molecule has 2 rings (SSSR count). The number of anilines is 1. The number of carboxylic acid groups (broad SMARTS) is 1. The Hall–Kier alpha value is -2.56. The van der Waals surface area contributed by atoms with Gasteiger partial charge in [0, 0.05) is 16.7 Å². The average molecular weight is 301 g/mol. The van der Waals surface area contributed by atoms with Crippen molar-refractivity contribution < 1.29 is 19.1 Å². The van der Waals surface area contributed by atoms with Gasteiger partial charge in [-0.1, -0.05) is 32.9 Å². The van der Waals surface area contributed by atoms with Crippen molar-refractivity contribution in [3.63, 3.8) is 0 Å². The molecule has 22 heavy (non-hydrogen) atoms. The van der Waals surface area contributed by atoms with E-state index in [0.717, 1.165) is 11.1 Å². The molecule has 2 aromatic rings. The van der Waals surface area contributed by atoms with Crippen LogP contribution in [-0.2, 0) is 4.79 Å². The fourth-order valence-electron chi connectivity index (χ4n) is 1.95. The lowest BCUT2D eigenvalue weighted by atomic mass is 9.95. The summed E-state index contributed by atoms with van der Waals surface area (Å²) in [6.07, 6.45) is 0. The quantitative estimate of drug-likeness (QED) is 0.900. The third-order valence-electron chi connectivity index (χ3n) is 3.35. The fourth-order valence-corrected chi connectivity index (χ4v) is 1.95. The summed E-state index contributed by atoms with van der Waals surface area (Å²) in [4.78, 5) is 23.0. The fraction of sp³-hybridized carbons (Fsp3) is 0.294. The molecule has 0 aliphatic carbocycles. The molecule has 0 aliphatic heterocycles. The molecule has 2 N–H and O–H groups in total. The van der Waals surface area contributed by atoms with Gasteiger partial charge in [0.2, 0.25) is 11.7 Å². The normalized spacial score (nSPS) is 11.3. The summed E-state index contributed by atoms with van der Waals surface area (Å²) in [5, 5.41) is 11.8. The van der Waals surface area contributed by atoms with E-state index in [1.54, 1.807) is 12.1 Å². The van der Waals surface area contributed by atoms with E-state index in [4.69, 9.17) is 9.52 Å². The zero-order valence-electron chi connectivity index (χ0n) is 13.1. The number of benzene rings is 1. The van der Waals surface area contributed by atoms with Gasteiger partial charge >= 0.3 is 5.97 Å². The number of carbonyl (C=O) groups excluding carboxylic acids is 1. The number of hydrogen-bond donors (Lipinski definition) is 2. The Morgan fingerprint density at radius 3 is 2.36 bits per heavy atom. The number of hydrogen-bond acceptors (Lipinski definition) is 3. The first-order chi connectivity index (χ1) is 10.2. The largest absolute Gasteiger partial charge is 0.475 e. The maximum atomic E-state index is 12.1. The van der Waals surface area contributed by atoms with Crippen LogP contribution < -0.4 is 5.32 Å². The van der Waals surface area contributed by atoms with Gasteiger partial charge in [-0.2, -0.15) is 0 Å². The van der Waals surface area contributed by atoms with Crippen LogP contribution in [0.5, 0.6) is 0 Å². The lowest BCUT2D eigenvalue weighted by Crippen LogP contribution is -2.27. The van der Waals surface area contributed by atoms with E-state index in [1.807, 2.05) is 39.8 Å². The minimum Gasteiger partial charge on any atom is -0.475 e. The maximum Gasteiger partial charge on any atom is 0.371 e. The lowest BCUT2D eigenvalue weighted by molar-refractivity contribution is -0.123. The predicted molar refractivity (Wildman–Crippen MR) is 83.9 cm³/mol. The van der Waals surface area contributed by atoms with Gasteiger partial charge in [0.15, 0.2) is 0 Å². The zero-order valence-corrected chi connectivity index (χ0v) is 13.1. The lowest BCUT2D eigenvalue weighted by Gasteiger charge is -2.19. The molecule has 116 valence electrons. The number of nitrogens with one attached hydrogen (secondary N) is 1. The second-order valence-electron chi connectivity index (χ2n) is 6.15. The Balaban J connectivity index is 2.37. The van der Waals surface area contributed by atoms with Gasteiger partial charge in [-0.15, -0.1) is 0 Å². The minimum atomic E-state index is -1.11. The highest BCUT2D eigenvalue weighted by molar-refractivity contribution is 5.96. The summed E-state index contributed by atoms with van der Waals surface area (Å²) in [6.45, 7) is 7.38. The van der Waals surface area contributed by atoms with Crippen molar-refractivity contribution in [2.75, 3.05) is 5.32 Å². The van der Waals surface area contributed by atoms with Crippen LogP contribution in [0.3, 0.4) is 0 Å². The molecule has 0 atom stereocenters. The number of carbonyl (C=O) groups is 2. The van der Waals surface area contributed by atoms with E-state index < -0.39 is 11.4 Å². The summed E-state index contributed by atoms with van der Waals surface area (Å²) in [7, 11) is 0. The molecule has 1 aromatic heterocycles. The molecule has 0 aliphatic rings. The topological polar surface area (TPSA) is 79.5 Å². The number of amides is 1. The third kappa shape index (κ3) is 3.19. The van der Waals surface area contributed by atoms with Gasteiger partial charge in [0.05, 0.1) is 0 Å². The van der Waals surface area contributed by atoms with Crippen LogP contribution >= 0.6 is 0 Å². The molecule has 5 heteroatoms. The molecule has 0 unspecified atom stereocenters. The van der Waals surface area contributed by atoms with Gasteiger partial charge in [0.1, 0.15) is 5.76 Å². The van der Waals surface area contributed by atoms with Crippen molar-refractivity contribution in [1.82, 2.24) is 0 Å². The Morgan fingerprint density at radius 1 is 1.14 bits per heavy atom. The summed E-state index contributed by atoms with van der Waals surface area (Å²) in [5.41, 5.74) is 1.76. The number of carboxylic acids is 1. The van der Waals surface area contributed by atoms with Crippen LogP contribution in [0.15, 0.2) is 34.7 Å². The molecule has 1 aromatic carbocycles. The zero-order chi connectivity index (χ0) is 16.5. The Kier molecular flexibility index (Phi) is 4.08. The number of aromatic carboxylic acids is 1. The van der Waals surface area contributed by atoms with E-state index in [0.29, 0.717) is 11.4 Å². The molecule has 0 radical (unpaired) electrons. The standard InChI is InChI=1S/C17H19NO4/c1-10-11(13-8-9-14(22-13)15(19)20)6-5-7-12(10)18-16(21)17(2,3)4/h5-9H,1-4H3,(H,18,21)(H,19,20). The van der Waals surface area contributed by atoms with Gasteiger partial charge in [-0.25, -0.2) is 4.79 Å². The first kappa shape index (κ1) is 15.8. The van der Waals surface area contributed by atoms with Crippen molar-refractivity contribution in [3.05, 3.63) is 41.7 Å². The van der Waals surface area contributed by atoms with Crippen molar-refractivity contribution >= 4 is 17.6 Å². The Bertz CT molecular complexity index is 723. The molecule has 0 saturated heterocycles. The van der Waals surface area contributed by atoms with E-state index >= 15 is 0 Å². The Morgan fingerprint density at radius 2 is 1.82 bits per heavy atom. The van der Waals surface area contributed by atoms with Crippen molar-refractivity contribution in [2.45, 2.75) is 27.7 Å². The molecule has 0 fully saturated rings. The number of furan rings is 1. The molecule has 5 nitrogen and oxygen atoms in total. The van der Waals surface area contributed by atoms with E-state index in [9.17, 15) is 9.59 Å². The van der Waals surface area contributed by atoms with Gasteiger partial charge in [-0.05, 0) is 30.7 Å². The van der Waals surface area contributed by atoms with Crippen molar-refractivity contribution in [3.8, 4) is 11.3 Å². The summed E-state index contributed by atoms with van der Waals surface area (Å²) >= 11 is 0. The second-order valence-corrected chi connectivity index (χ2v) is 6.15. The van der Waals surface area contributed by atoms with Crippen molar-refractivity contribution in [2.24, 2.45) is 5.41 Å².